The number of carbonyl (C=O) groups is 1. The van der Waals surface area contributed by atoms with Gasteiger partial charge in [-0.25, -0.2) is 14.6 Å². The number of aryl methyl sites for hydroxylation is 1. The Kier molecular flexibility index (Phi) is 4.96. The summed E-state index contributed by atoms with van der Waals surface area (Å²) in [5, 5.41) is 15.2. The SMILES string of the molecule is Cc1ccn(-c2cc(NCCNC(=O)Cc3noc4ccccc34)ncn2)n1. The van der Waals surface area contributed by atoms with Crippen LogP contribution in [-0.4, -0.2) is 43.9 Å². The largest absolute Gasteiger partial charge is 0.368 e. The summed E-state index contributed by atoms with van der Waals surface area (Å²) >= 11 is 0. The lowest BCUT2D eigenvalue weighted by molar-refractivity contribution is -0.120. The summed E-state index contributed by atoms with van der Waals surface area (Å²) in [6.07, 6.45) is 3.49. The van der Waals surface area contributed by atoms with Gasteiger partial charge in [0, 0.05) is 30.7 Å². The van der Waals surface area contributed by atoms with Crippen molar-refractivity contribution in [1.82, 2.24) is 30.2 Å². The first-order valence-corrected chi connectivity index (χ1v) is 8.87. The van der Waals surface area contributed by atoms with Crippen LogP contribution in [0.1, 0.15) is 11.4 Å². The van der Waals surface area contributed by atoms with E-state index in [1.165, 1.54) is 6.33 Å². The highest BCUT2D eigenvalue weighted by Crippen LogP contribution is 2.17. The number of anilines is 1. The molecule has 0 radical (unpaired) electrons. The molecular formula is C19H19N7O2. The van der Waals surface area contributed by atoms with Crippen LogP contribution < -0.4 is 10.6 Å². The standard InChI is InChI=1S/C19H19N7O2/c1-13-6-9-26(24-13)18-11-17(22-12-23-18)20-7-8-21-19(27)10-15-14-4-2-3-5-16(14)28-25-15/h2-6,9,11-12H,7-8,10H2,1H3,(H,21,27)(H,20,22,23). The van der Waals surface area contributed by atoms with Crippen LogP contribution >= 0.6 is 0 Å². The Morgan fingerprint density at radius 2 is 2.07 bits per heavy atom. The lowest BCUT2D eigenvalue weighted by Gasteiger charge is -2.08. The minimum atomic E-state index is -0.115. The van der Waals surface area contributed by atoms with Crippen LogP contribution in [0.25, 0.3) is 16.8 Å². The fourth-order valence-corrected chi connectivity index (χ4v) is 2.78. The lowest BCUT2D eigenvalue weighted by Crippen LogP contribution is -2.30. The summed E-state index contributed by atoms with van der Waals surface area (Å²) in [4.78, 5) is 20.5. The van der Waals surface area contributed by atoms with Gasteiger partial charge in [0.05, 0.1) is 12.1 Å². The number of benzene rings is 1. The van der Waals surface area contributed by atoms with Crippen molar-refractivity contribution in [2.75, 3.05) is 18.4 Å². The molecule has 2 N–H and O–H groups in total. The number of nitrogens with zero attached hydrogens (tertiary/aromatic N) is 5. The van der Waals surface area contributed by atoms with E-state index >= 15 is 0 Å². The van der Waals surface area contributed by atoms with Crippen molar-refractivity contribution >= 4 is 22.7 Å². The minimum Gasteiger partial charge on any atom is -0.368 e. The van der Waals surface area contributed by atoms with Crippen molar-refractivity contribution in [3.05, 3.63) is 60.3 Å². The average Bonchev–Trinajstić information content (AvgIpc) is 3.32. The number of amides is 1. The number of carbonyl (C=O) groups excluding carboxylic acids is 1. The highest BCUT2D eigenvalue weighted by atomic mass is 16.5. The van der Waals surface area contributed by atoms with Gasteiger partial charge in [0.15, 0.2) is 11.4 Å². The maximum atomic E-state index is 12.1. The predicted molar refractivity (Wildman–Crippen MR) is 103 cm³/mol. The zero-order valence-electron chi connectivity index (χ0n) is 15.3. The second kappa shape index (κ2) is 7.87. The molecule has 0 aliphatic carbocycles. The molecule has 28 heavy (non-hydrogen) atoms. The summed E-state index contributed by atoms with van der Waals surface area (Å²) in [7, 11) is 0. The zero-order valence-corrected chi connectivity index (χ0v) is 15.3. The zero-order chi connectivity index (χ0) is 19.3. The molecule has 4 aromatic rings. The van der Waals surface area contributed by atoms with Crippen LogP contribution in [0.15, 0.2) is 53.4 Å². The molecule has 3 heterocycles. The van der Waals surface area contributed by atoms with E-state index in [1.807, 2.05) is 43.5 Å². The molecule has 3 aromatic heterocycles. The van der Waals surface area contributed by atoms with Crippen molar-refractivity contribution in [3.63, 3.8) is 0 Å². The van der Waals surface area contributed by atoms with Crippen LogP contribution in [0, 0.1) is 6.92 Å². The first-order chi connectivity index (χ1) is 13.7. The first-order valence-electron chi connectivity index (χ1n) is 8.87. The van der Waals surface area contributed by atoms with Crippen molar-refractivity contribution in [3.8, 4) is 5.82 Å². The maximum Gasteiger partial charge on any atom is 0.226 e. The van der Waals surface area contributed by atoms with Crippen molar-refractivity contribution in [2.45, 2.75) is 13.3 Å². The molecule has 9 heteroatoms. The predicted octanol–water partition coefficient (Wildman–Crippen LogP) is 1.88. The number of hydrogen-bond donors (Lipinski definition) is 2. The van der Waals surface area contributed by atoms with Gasteiger partial charge in [0.25, 0.3) is 0 Å². The topological polar surface area (TPSA) is 111 Å². The van der Waals surface area contributed by atoms with Crippen LogP contribution in [0.5, 0.6) is 0 Å². The number of fused-ring (bicyclic) bond motifs is 1. The van der Waals surface area contributed by atoms with E-state index in [9.17, 15) is 4.79 Å². The number of para-hydroxylation sites is 1. The Morgan fingerprint density at radius 1 is 1.18 bits per heavy atom. The first kappa shape index (κ1) is 17.7. The smallest absolute Gasteiger partial charge is 0.226 e. The summed E-state index contributed by atoms with van der Waals surface area (Å²) in [6.45, 7) is 2.90. The number of rotatable bonds is 7. The fourth-order valence-electron chi connectivity index (χ4n) is 2.78. The molecule has 0 fully saturated rings. The molecule has 0 aliphatic heterocycles. The van der Waals surface area contributed by atoms with Gasteiger partial charge < -0.3 is 15.2 Å². The van der Waals surface area contributed by atoms with E-state index in [0.29, 0.717) is 36.0 Å². The number of hydrogen-bond acceptors (Lipinski definition) is 7. The van der Waals surface area contributed by atoms with E-state index in [1.54, 1.807) is 10.7 Å². The Balaban J connectivity index is 1.27. The van der Waals surface area contributed by atoms with Crippen molar-refractivity contribution in [1.29, 1.82) is 0 Å². The van der Waals surface area contributed by atoms with E-state index in [-0.39, 0.29) is 12.3 Å². The quantitative estimate of drug-likeness (QED) is 0.473. The van der Waals surface area contributed by atoms with Gasteiger partial charge in [0.2, 0.25) is 5.91 Å². The molecule has 0 bridgehead atoms. The highest BCUT2D eigenvalue weighted by molar-refractivity contribution is 5.86. The van der Waals surface area contributed by atoms with Gasteiger partial charge in [-0.2, -0.15) is 5.10 Å². The average molecular weight is 377 g/mol. The third-order valence-electron chi connectivity index (χ3n) is 4.14. The second-order valence-electron chi connectivity index (χ2n) is 6.24. The third kappa shape index (κ3) is 3.98. The molecule has 0 saturated carbocycles. The maximum absolute atomic E-state index is 12.1. The third-order valence-corrected chi connectivity index (χ3v) is 4.14. The molecule has 4 rings (SSSR count). The Morgan fingerprint density at radius 3 is 2.93 bits per heavy atom. The van der Waals surface area contributed by atoms with Gasteiger partial charge in [0.1, 0.15) is 17.8 Å². The molecule has 9 nitrogen and oxygen atoms in total. The van der Waals surface area contributed by atoms with Crippen molar-refractivity contribution < 1.29 is 9.32 Å². The Hall–Kier alpha value is -3.75. The number of nitrogens with one attached hydrogen (secondary N) is 2. The van der Waals surface area contributed by atoms with E-state index in [4.69, 9.17) is 4.52 Å². The summed E-state index contributed by atoms with van der Waals surface area (Å²) in [5.74, 6) is 1.22. The lowest BCUT2D eigenvalue weighted by atomic mass is 10.1. The van der Waals surface area contributed by atoms with Gasteiger partial charge in [-0.3, -0.25) is 4.79 Å². The van der Waals surface area contributed by atoms with E-state index < -0.39 is 0 Å². The molecule has 142 valence electrons. The molecule has 1 aromatic carbocycles. The minimum absolute atomic E-state index is 0.115. The van der Waals surface area contributed by atoms with Crippen molar-refractivity contribution in [2.24, 2.45) is 0 Å². The van der Waals surface area contributed by atoms with Crippen LogP contribution in [-0.2, 0) is 11.2 Å². The second-order valence-corrected chi connectivity index (χ2v) is 6.24. The molecule has 1 amide bonds. The molecule has 0 atom stereocenters. The highest BCUT2D eigenvalue weighted by Gasteiger charge is 2.11. The summed E-state index contributed by atoms with van der Waals surface area (Å²) in [6, 6.07) is 11.2. The normalized spacial score (nSPS) is 10.9. The fraction of sp³-hybridized carbons (Fsp3) is 0.211. The van der Waals surface area contributed by atoms with E-state index in [2.05, 4.69) is 30.9 Å². The molecule has 0 saturated heterocycles. The monoisotopic (exact) mass is 377 g/mol. The molecule has 0 spiro atoms. The van der Waals surface area contributed by atoms with Crippen LogP contribution in [0.4, 0.5) is 5.82 Å². The van der Waals surface area contributed by atoms with Gasteiger partial charge in [-0.05, 0) is 25.1 Å². The molecule has 0 unspecified atom stereocenters. The van der Waals surface area contributed by atoms with Gasteiger partial charge in [-0.15, -0.1) is 0 Å². The Labute approximate surface area is 160 Å². The van der Waals surface area contributed by atoms with Crippen LogP contribution in [0.3, 0.4) is 0 Å². The summed E-state index contributed by atoms with van der Waals surface area (Å²) < 4.78 is 6.91. The molecular weight excluding hydrogens is 358 g/mol. The van der Waals surface area contributed by atoms with Gasteiger partial charge in [-0.1, -0.05) is 17.3 Å². The Bertz CT molecular complexity index is 1100. The number of aromatic nitrogens is 5. The van der Waals surface area contributed by atoms with E-state index in [0.717, 1.165) is 11.1 Å². The van der Waals surface area contributed by atoms with Gasteiger partial charge >= 0.3 is 0 Å². The summed E-state index contributed by atoms with van der Waals surface area (Å²) in [5.41, 5.74) is 2.23. The molecule has 0 aliphatic rings. The van der Waals surface area contributed by atoms with Crippen LogP contribution in [0.2, 0.25) is 0 Å².